The Balaban J connectivity index is 2.34. The molecule has 0 heterocycles. The molecule has 0 spiro atoms. The summed E-state index contributed by atoms with van der Waals surface area (Å²) in [6, 6.07) is 0.501. The van der Waals surface area contributed by atoms with Gasteiger partial charge in [-0.05, 0) is 37.5 Å². The van der Waals surface area contributed by atoms with E-state index in [1.54, 1.807) is 0 Å². The molecule has 0 aromatic rings. The van der Waals surface area contributed by atoms with E-state index in [2.05, 4.69) is 31.4 Å². The van der Waals surface area contributed by atoms with Gasteiger partial charge in [-0.15, -0.1) is 0 Å². The van der Waals surface area contributed by atoms with E-state index < -0.39 is 0 Å². The van der Waals surface area contributed by atoms with Gasteiger partial charge in [-0.3, -0.25) is 4.79 Å². The van der Waals surface area contributed by atoms with Gasteiger partial charge in [0.05, 0.1) is 6.54 Å². The molecule has 1 amide bonds. The molecule has 0 aromatic heterocycles. The number of hydrogen-bond donors (Lipinski definition) is 2. The van der Waals surface area contributed by atoms with Gasteiger partial charge in [-0.2, -0.15) is 0 Å². The summed E-state index contributed by atoms with van der Waals surface area (Å²) in [7, 11) is 0. The van der Waals surface area contributed by atoms with Crippen LogP contribution >= 0.6 is 0 Å². The minimum atomic E-state index is 0.110. The van der Waals surface area contributed by atoms with E-state index in [9.17, 15) is 4.79 Å². The molecule has 1 rings (SSSR count). The van der Waals surface area contributed by atoms with Crippen molar-refractivity contribution in [1.82, 2.24) is 10.6 Å². The van der Waals surface area contributed by atoms with E-state index >= 15 is 0 Å². The molecule has 2 atom stereocenters. The molecule has 3 heteroatoms. The molecule has 3 nitrogen and oxygen atoms in total. The van der Waals surface area contributed by atoms with Crippen molar-refractivity contribution in [3.63, 3.8) is 0 Å². The van der Waals surface area contributed by atoms with E-state index in [1.807, 2.05) is 6.92 Å². The molecule has 2 N–H and O–H groups in total. The number of nitrogens with one attached hydrogen (secondary N) is 2. The predicted octanol–water partition coefficient (Wildman–Crippen LogP) is 1.93. The number of rotatable bonds is 4. The van der Waals surface area contributed by atoms with Crippen LogP contribution in [0.1, 0.15) is 47.0 Å². The lowest BCUT2D eigenvalue weighted by atomic mass is 9.70. The second kappa shape index (κ2) is 5.67. The second-order valence-electron chi connectivity index (χ2n) is 5.94. The van der Waals surface area contributed by atoms with Crippen LogP contribution in [0.2, 0.25) is 0 Å². The van der Waals surface area contributed by atoms with Crippen LogP contribution in [0.15, 0.2) is 0 Å². The number of carbonyl (C=O) groups excluding carboxylic acids is 1. The van der Waals surface area contributed by atoms with Crippen molar-refractivity contribution < 1.29 is 4.79 Å². The fourth-order valence-corrected chi connectivity index (χ4v) is 3.00. The largest absolute Gasteiger partial charge is 0.355 e. The first-order valence-corrected chi connectivity index (χ1v) is 6.43. The van der Waals surface area contributed by atoms with Crippen LogP contribution in [0.3, 0.4) is 0 Å². The molecule has 94 valence electrons. The van der Waals surface area contributed by atoms with Crippen LogP contribution in [0, 0.1) is 11.3 Å². The molecule has 1 saturated carbocycles. The van der Waals surface area contributed by atoms with Crippen molar-refractivity contribution >= 4 is 5.91 Å². The maximum atomic E-state index is 11.4. The van der Waals surface area contributed by atoms with E-state index in [4.69, 9.17) is 0 Å². The molecule has 16 heavy (non-hydrogen) atoms. The zero-order valence-electron chi connectivity index (χ0n) is 11.1. The van der Waals surface area contributed by atoms with Gasteiger partial charge in [0.1, 0.15) is 0 Å². The molecule has 0 bridgehead atoms. The molecular weight excluding hydrogens is 200 g/mol. The van der Waals surface area contributed by atoms with E-state index in [0.29, 0.717) is 24.5 Å². The van der Waals surface area contributed by atoms with Crippen LogP contribution in [0.25, 0.3) is 0 Å². The Morgan fingerprint density at radius 3 is 2.62 bits per heavy atom. The number of carbonyl (C=O) groups is 1. The first-order valence-electron chi connectivity index (χ1n) is 6.43. The van der Waals surface area contributed by atoms with Gasteiger partial charge in [0, 0.05) is 12.6 Å². The van der Waals surface area contributed by atoms with E-state index in [-0.39, 0.29) is 5.91 Å². The van der Waals surface area contributed by atoms with Gasteiger partial charge in [0.25, 0.3) is 0 Å². The molecule has 1 aliphatic carbocycles. The summed E-state index contributed by atoms with van der Waals surface area (Å²) in [5, 5.41) is 6.20. The zero-order valence-corrected chi connectivity index (χ0v) is 11.1. The summed E-state index contributed by atoms with van der Waals surface area (Å²) in [4.78, 5) is 11.4. The van der Waals surface area contributed by atoms with Gasteiger partial charge in [0.2, 0.25) is 5.91 Å². The highest BCUT2D eigenvalue weighted by Crippen LogP contribution is 2.38. The summed E-state index contributed by atoms with van der Waals surface area (Å²) in [5.74, 6) is 0.869. The highest BCUT2D eigenvalue weighted by molar-refractivity contribution is 5.77. The fraction of sp³-hybridized carbons (Fsp3) is 0.923. The maximum Gasteiger partial charge on any atom is 0.233 e. The van der Waals surface area contributed by atoms with Crippen LogP contribution in [-0.4, -0.2) is 25.0 Å². The third kappa shape index (κ3) is 4.52. The van der Waals surface area contributed by atoms with Crippen molar-refractivity contribution in [2.24, 2.45) is 11.3 Å². The van der Waals surface area contributed by atoms with Crippen molar-refractivity contribution in [2.75, 3.05) is 13.1 Å². The third-order valence-electron chi connectivity index (χ3n) is 3.31. The standard InChI is InChI=1S/C13H26N2O/c1-5-14-12(16)9-15-11-6-10(2)7-13(3,4)8-11/h10-11,15H,5-9H2,1-4H3,(H,14,16). The van der Waals surface area contributed by atoms with Crippen molar-refractivity contribution in [1.29, 1.82) is 0 Å². The minimum absolute atomic E-state index is 0.110. The normalized spacial score (nSPS) is 28.8. The number of amides is 1. The van der Waals surface area contributed by atoms with Crippen molar-refractivity contribution in [3.05, 3.63) is 0 Å². The molecular formula is C13H26N2O. The summed E-state index contributed by atoms with van der Waals surface area (Å²) < 4.78 is 0. The smallest absolute Gasteiger partial charge is 0.233 e. The molecule has 0 aromatic carbocycles. The first kappa shape index (κ1) is 13.5. The average Bonchev–Trinajstić information content (AvgIpc) is 2.12. The van der Waals surface area contributed by atoms with Gasteiger partial charge in [-0.25, -0.2) is 0 Å². The van der Waals surface area contributed by atoms with Crippen LogP contribution < -0.4 is 10.6 Å². The van der Waals surface area contributed by atoms with Crippen LogP contribution in [-0.2, 0) is 4.79 Å². The molecule has 2 unspecified atom stereocenters. The molecule has 0 aliphatic heterocycles. The predicted molar refractivity (Wildman–Crippen MR) is 67.3 cm³/mol. The Kier molecular flexibility index (Phi) is 4.78. The molecule has 1 fully saturated rings. The lowest BCUT2D eigenvalue weighted by molar-refractivity contribution is -0.120. The zero-order chi connectivity index (χ0) is 12.2. The lowest BCUT2D eigenvalue weighted by Gasteiger charge is -2.39. The topological polar surface area (TPSA) is 41.1 Å². The Bertz CT molecular complexity index is 238. The maximum absolute atomic E-state index is 11.4. The Labute approximate surface area is 99.4 Å². The third-order valence-corrected chi connectivity index (χ3v) is 3.31. The highest BCUT2D eigenvalue weighted by atomic mass is 16.1. The van der Waals surface area contributed by atoms with Gasteiger partial charge < -0.3 is 10.6 Å². The summed E-state index contributed by atoms with van der Waals surface area (Å²) in [5.41, 5.74) is 0.413. The molecule has 1 aliphatic rings. The Morgan fingerprint density at radius 1 is 1.38 bits per heavy atom. The van der Waals surface area contributed by atoms with E-state index in [0.717, 1.165) is 5.92 Å². The Morgan fingerprint density at radius 2 is 2.06 bits per heavy atom. The quantitative estimate of drug-likeness (QED) is 0.769. The fourth-order valence-electron chi connectivity index (χ4n) is 3.00. The van der Waals surface area contributed by atoms with Gasteiger partial charge in [0.15, 0.2) is 0 Å². The molecule has 0 radical (unpaired) electrons. The minimum Gasteiger partial charge on any atom is -0.355 e. The average molecular weight is 226 g/mol. The molecule has 0 saturated heterocycles. The van der Waals surface area contributed by atoms with Crippen molar-refractivity contribution in [2.45, 2.75) is 53.0 Å². The summed E-state index contributed by atoms with van der Waals surface area (Å²) in [6.07, 6.45) is 3.67. The first-order chi connectivity index (χ1) is 7.43. The van der Waals surface area contributed by atoms with Gasteiger partial charge >= 0.3 is 0 Å². The SMILES string of the molecule is CCNC(=O)CNC1CC(C)CC(C)(C)C1. The lowest BCUT2D eigenvalue weighted by Crippen LogP contribution is -2.44. The monoisotopic (exact) mass is 226 g/mol. The van der Waals surface area contributed by atoms with Crippen LogP contribution in [0.4, 0.5) is 0 Å². The van der Waals surface area contributed by atoms with Gasteiger partial charge in [-0.1, -0.05) is 20.8 Å². The second-order valence-corrected chi connectivity index (χ2v) is 5.94. The summed E-state index contributed by atoms with van der Waals surface area (Å²) >= 11 is 0. The number of hydrogen-bond acceptors (Lipinski definition) is 2. The highest BCUT2D eigenvalue weighted by Gasteiger charge is 2.31. The van der Waals surface area contributed by atoms with Crippen molar-refractivity contribution in [3.8, 4) is 0 Å². The van der Waals surface area contributed by atoms with E-state index in [1.165, 1.54) is 19.3 Å². The number of likely N-dealkylation sites (N-methyl/N-ethyl adjacent to an activating group) is 1. The van der Waals surface area contributed by atoms with Crippen LogP contribution in [0.5, 0.6) is 0 Å². The Hall–Kier alpha value is -0.570. The summed E-state index contributed by atoms with van der Waals surface area (Å²) in [6.45, 7) is 10.1.